The first-order valence-electron chi connectivity index (χ1n) is 6.57. The summed E-state index contributed by atoms with van der Waals surface area (Å²) in [6, 6.07) is 4.54. The molecule has 0 aromatic heterocycles. The zero-order chi connectivity index (χ0) is 15.7. The fraction of sp³-hybridized carbons (Fsp3) is 0.538. The summed E-state index contributed by atoms with van der Waals surface area (Å²) in [7, 11) is -3.78. The molecule has 0 spiro atoms. The second kappa shape index (κ2) is 7.16. The second-order valence-electron chi connectivity index (χ2n) is 5.07. The van der Waals surface area contributed by atoms with E-state index in [0.29, 0.717) is 13.1 Å². The lowest BCUT2D eigenvalue weighted by Gasteiger charge is -2.33. The smallest absolute Gasteiger partial charge is 0.314 e. The maximum atomic E-state index is 12.9. The topological polar surface area (TPSA) is 49.4 Å². The third kappa shape index (κ3) is 4.34. The highest BCUT2D eigenvalue weighted by Gasteiger charge is 2.36. The van der Waals surface area contributed by atoms with Crippen LogP contribution in [0.4, 0.5) is 13.2 Å². The molecule has 1 aromatic carbocycles. The van der Waals surface area contributed by atoms with Crippen LogP contribution in [0.2, 0.25) is 0 Å². The summed E-state index contributed by atoms with van der Waals surface area (Å²) >= 11 is 0. The lowest BCUT2D eigenvalue weighted by atomic mass is 10.1. The molecule has 2 rings (SSSR count). The van der Waals surface area contributed by atoms with Crippen LogP contribution in [0.25, 0.3) is 0 Å². The van der Waals surface area contributed by atoms with E-state index in [2.05, 4.69) is 5.32 Å². The number of alkyl halides is 3. The highest BCUT2D eigenvalue weighted by Crippen LogP contribution is 2.33. The van der Waals surface area contributed by atoms with Crippen LogP contribution < -0.4 is 5.32 Å². The first kappa shape index (κ1) is 19.2. The van der Waals surface area contributed by atoms with Gasteiger partial charge >= 0.3 is 6.18 Å². The molecule has 0 saturated carbocycles. The summed E-state index contributed by atoms with van der Waals surface area (Å²) in [6.07, 6.45) is -4.55. The average Bonchev–Trinajstić information content (AvgIpc) is 2.38. The Balaban J connectivity index is 0.00000242. The molecule has 0 aliphatic carbocycles. The minimum Gasteiger partial charge on any atom is -0.314 e. The number of hydrogen-bond acceptors (Lipinski definition) is 3. The largest absolute Gasteiger partial charge is 0.416 e. The number of nitrogens with zero attached hydrogens (tertiary/aromatic N) is 1. The van der Waals surface area contributed by atoms with Crippen molar-refractivity contribution >= 4 is 22.4 Å². The zero-order valence-electron chi connectivity index (χ0n) is 11.9. The van der Waals surface area contributed by atoms with Gasteiger partial charge in [-0.15, -0.1) is 12.4 Å². The van der Waals surface area contributed by atoms with E-state index in [1.54, 1.807) is 6.92 Å². The highest BCUT2D eigenvalue weighted by atomic mass is 35.5. The number of rotatable bonds is 3. The van der Waals surface area contributed by atoms with Crippen molar-refractivity contribution < 1.29 is 21.6 Å². The Hall–Kier alpha value is -0.830. The maximum absolute atomic E-state index is 12.9. The lowest BCUT2D eigenvalue weighted by molar-refractivity contribution is -0.138. The Morgan fingerprint density at radius 3 is 2.55 bits per heavy atom. The van der Waals surface area contributed by atoms with E-state index >= 15 is 0 Å². The van der Waals surface area contributed by atoms with Crippen LogP contribution in [-0.2, 0) is 22.0 Å². The summed E-state index contributed by atoms with van der Waals surface area (Å²) in [4.78, 5) is 0. The van der Waals surface area contributed by atoms with Crippen molar-refractivity contribution in [2.45, 2.75) is 24.9 Å². The Kier molecular flexibility index (Phi) is 6.26. The van der Waals surface area contributed by atoms with Gasteiger partial charge < -0.3 is 5.32 Å². The molecule has 9 heteroatoms. The molecule has 1 aromatic rings. The molecule has 1 atom stereocenters. The van der Waals surface area contributed by atoms with E-state index < -0.39 is 27.5 Å². The van der Waals surface area contributed by atoms with Crippen LogP contribution in [0.5, 0.6) is 0 Å². The molecule has 1 fully saturated rings. The van der Waals surface area contributed by atoms with Gasteiger partial charge in [-0.05, 0) is 18.6 Å². The normalized spacial score (nSPS) is 20.5. The minimum absolute atomic E-state index is 0. The van der Waals surface area contributed by atoms with Crippen LogP contribution in [0.15, 0.2) is 24.3 Å². The van der Waals surface area contributed by atoms with Gasteiger partial charge in [0.05, 0.1) is 11.3 Å². The van der Waals surface area contributed by atoms with Crippen LogP contribution in [-0.4, -0.2) is 38.4 Å². The molecule has 4 nitrogen and oxygen atoms in total. The van der Waals surface area contributed by atoms with E-state index in [1.165, 1.54) is 22.5 Å². The molecule has 0 unspecified atom stereocenters. The van der Waals surface area contributed by atoms with Crippen molar-refractivity contribution in [3.63, 3.8) is 0 Å². The van der Waals surface area contributed by atoms with Crippen LogP contribution in [0.3, 0.4) is 0 Å². The van der Waals surface area contributed by atoms with Gasteiger partial charge in [-0.25, -0.2) is 8.42 Å². The predicted molar refractivity (Wildman–Crippen MR) is 80.4 cm³/mol. The Bertz CT molecular complexity index is 608. The number of piperazine rings is 1. The number of benzene rings is 1. The van der Waals surface area contributed by atoms with Gasteiger partial charge in [0.25, 0.3) is 0 Å². The average molecular weight is 359 g/mol. The molecule has 1 aliphatic rings. The quantitative estimate of drug-likeness (QED) is 0.901. The summed E-state index contributed by atoms with van der Waals surface area (Å²) in [6.45, 7) is 3.02. The molecule has 1 aliphatic heterocycles. The van der Waals surface area contributed by atoms with Gasteiger partial charge in [-0.3, -0.25) is 0 Å². The third-order valence-corrected chi connectivity index (χ3v) is 5.39. The van der Waals surface area contributed by atoms with Crippen molar-refractivity contribution in [1.82, 2.24) is 9.62 Å². The molecule has 0 radical (unpaired) electrons. The predicted octanol–water partition coefficient (Wildman–Crippen LogP) is 2.25. The van der Waals surface area contributed by atoms with E-state index in [-0.39, 0.29) is 30.6 Å². The SMILES string of the molecule is C[C@H]1CNCCN1S(=O)(=O)Cc1ccccc1C(F)(F)F.Cl. The van der Waals surface area contributed by atoms with Crippen molar-refractivity contribution in [2.75, 3.05) is 19.6 Å². The van der Waals surface area contributed by atoms with E-state index in [1.807, 2.05) is 0 Å². The summed E-state index contributed by atoms with van der Waals surface area (Å²) < 4.78 is 64.8. The van der Waals surface area contributed by atoms with Gasteiger partial charge in [0.2, 0.25) is 10.0 Å². The van der Waals surface area contributed by atoms with Gasteiger partial charge in [-0.1, -0.05) is 18.2 Å². The monoisotopic (exact) mass is 358 g/mol. The Morgan fingerprint density at radius 1 is 1.32 bits per heavy atom. The Morgan fingerprint density at radius 2 is 1.95 bits per heavy atom. The first-order chi connectivity index (χ1) is 9.72. The van der Waals surface area contributed by atoms with Crippen LogP contribution >= 0.6 is 12.4 Å². The van der Waals surface area contributed by atoms with Gasteiger partial charge in [0.1, 0.15) is 0 Å². The zero-order valence-corrected chi connectivity index (χ0v) is 13.6. The molecule has 22 heavy (non-hydrogen) atoms. The number of nitrogens with one attached hydrogen (secondary N) is 1. The lowest BCUT2D eigenvalue weighted by Crippen LogP contribution is -2.52. The number of sulfonamides is 1. The molecular weight excluding hydrogens is 341 g/mol. The second-order valence-corrected chi connectivity index (χ2v) is 7.00. The van der Waals surface area contributed by atoms with Crippen molar-refractivity contribution in [3.05, 3.63) is 35.4 Å². The van der Waals surface area contributed by atoms with Gasteiger partial charge in [0.15, 0.2) is 0 Å². The standard InChI is InChI=1S/C13H17F3N2O2S.ClH/c1-10-8-17-6-7-18(10)21(19,20)9-11-4-2-3-5-12(11)13(14,15)16;/h2-5,10,17H,6-9H2,1H3;1H/t10-;/m0./s1. The van der Waals surface area contributed by atoms with Gasteiger partial charge in [-0.2, -0.15) is 17.5 Å². The molecule has 126 valence electrons. The van der Waals surface area contributed by atoms with E-state index in [9.17, 15) is 21.6 Å². The Labute approximate surface area is 134 Å². The fourth-order valence-corrected chi connectivity index (χ4v) is 4.24. The van der Waals surface area contributed by atoms with Crippen molar-refractivity contribution in [2.24, 2.45) is 0 Å². The van der Waals surface area contributed by atoms with E-state index in [4.69, 9.17) is 0 Å². The first-order valence-corrected chi connectivity index (χ1v) is 8.18. The van der Waals surface area contributed by atoms with Crippen molar-refractivity contribution in [3.8, 4) is 0 Å². The maximum Gasteiger partial charge on any atom is 0.416 e. The number of hydrogen-bond donors (Lipinski definition) is 1. The fourth-order valence-electron chi connectivity index (χ4n) is 2.44. The summed E-state index contributed by atoms with van der Waals surface area (Å²) in [5, 5.41) is 3.05. The van der Waals surface area contributed by atoms with E-state index in [0.717, 1.165) is 6.07 Å². The number of halogens is 4. The van der Waals surface area contributed by atoms with Gasteiger partial charge in [0, 0.05) is 25.7 Å². The van der Waals surface area contributed by atoms with Crippen LogP contribution in [0, 0.1) is 0 Å². The summed E-state index contributed by atoms with van der Waals surface area (Å²) in [5.74, 6) is -0.632. The molecule has 1 saturated heterocycles. The molecule has 1 N–H and O–H groups in total. The third-order valence-electron chi connectivity index (χ3n) is 3.46. The molecular formula is C13H18ClF3N2O2S. The summed E-state index contributed by atoms with van der Waals surface area (Å²) in [5.41, 5.74) is -1.10. The molecule has 1 heterocycles. The minimum atomic E-state index is -4.55. The van der Waals surface area contributed by atoms with Crippen molar-refractivity contribution in [1.29, 1.82) is 0 Å². The molecule has 0 amide bonds. The highest BCUT2D eigenvalue weighted by molar-refractivity contribution is 7.88. The molecule has 0 bridgehead atoms. The van der Waals surface area contributed by atoms with Crippen LogP contribution in [0.1, 0.15) is 18.1 Å².